The first-order valence-electron chi connectivity index (χ1n) is 13.2. The molecule has 2 unspecified atom stereocenters. The number of hydrogen-bond donors (Lipinski definition) is 1. The number of carbonyl (C=O) groups is 1. The number of carbonyl (C=O) groups excluding carboxylic acids is 1. The third kappa shape index (κ3) is 4.69. The summed E-state index contributed by atoms with van der Waals surface area (Å²) in [5.41, 5.74) is 4.13. The van der Waals surface area contributed by atoms with Crippen LogP contribution in [0.4, 0.5) is 14.9 Å². The van der Waals surface area contributed by atoms with Crippen LogP contribution in [0, 0.1) is 5.82 Å². The van der Waals surface area contributed by atoms with Crippen molar-refractivity contribution in [2.45, 2.75) is 50.5 Å². The second kappa shape index (κ2) is 10.00. The maximum absolute atomic E-state index is 15.1. The summed E-state index contributed by atoms with van der Waals surface area (Å²) in [5.74, 6) is -0.268. The van der Waals surface area contributed by atoms with Gasteiger partial charge in [0.05, 0.1) is 37.9 Å². The van der Waals surface area contributed by atoms with Crippen molar-refractivity contribution in [3.05, 3.63) is 65.0 Å². The molecule has 2 bridgehead atoms. The van der Waals surface area contributed by atoms with E-state index in [1.165, 1.54) is 11.1 Å². The summed E-state index contributed by atoms with van der Waals surface area (Å²) in [4.78, 5) is 20.9. The highest BCUT2D eigenvalue weighted by atomic mass is 19.1. The number of urea groups is 1. The topological polar surface area (TPSA) is 59.5 Å². The number of ether oxygens (including phenoxy) is 1. The molecule has 2 amide bonds. The predicted molar refractivity (Wildman–Crippen MR) is 135 cm³/mol. The highest BCUT2D eigenvalue weighted by molar-refractivity contribution is 5.76. The van der Waals surface area contributed by atoms with Crippen molar-refractivity contribution in [3.63, 3.8) is 0 Å². The number of benzene rings is 2. The zero-order valence-corrected chi connectivity index (χ0v) is 20.7. The zero-order chi connectivity index (χ0) is 24.6. The first kappa shape index (κ1) is 23.7. The molecule has 192 valence electrons. The Morgan fingerprint density at radius 2 is 1.72 bits per heavy atom. The number of aliphatic hydroxyl groups is 1. The summed E-state index contributed by atoms with van der Waals surface area (Å²) in [5, 5.41) is 10.7. The number of halogens is 1. The normalized spacial score (nSPS) is 24.9. The Morgan fingerprint density at radius 1 is 0.972 bits per heavy atom. The van der Waals surface area contributed by atoms with E-state index in [2.05, 4.69) is 34.1 Å². The molecular formula is C28H35FN4O3. The van der Waals surface area contributed by atoms with Gasteiger partial charge in [0.15, 0.2) is 0 Å². The molecule has 36 heavy (non-hydrogen) atoms. The summed E-state index contributed by atoms with van der Waals surface area (Å²) < 4.78 is 20.7. The van der Waals surface area contributed by atoms with Gasteiger partial charge >= 0.3 is 6.03 Å². The second-order valence-electron chi connectivity index (χ2n) is 10.7. The van der Waals surface area contributed by atoms with Crippen molar-refractivity contribution in [1.82, 2.24) is 14.7 Å². The Labute approximate surface area is 212 Å². The van der Waals surface area contributed by atoms with E-state index in [4.69, 9.17) is 4.74 Å². The summed E-state index contributed by atoms with van der Waals surface area (Å²) in [7, 11) is 0. The Balaban J connectivity index is 1.03. The van der Waals surface area contributed by atoms with Crippen molar-refractivity contribution >= 4 is 11.7 Å². The van der Waals surface area contributed by atoms with E-state index >= 15 is 4.39 Å². The minimum atomic E-state index is -0.612. The molecule has 8 heteroatoms. The van der Waals surface area contributed by atoms with Crippen LogP contribution < -0.4 is 4.90 Å². The number of anilines is 1. The van der Waals surface area contributed by atoms with Crippen molar-refractivity contribution in [1.29, 1.82) is 0 Å². The van der Waals surface area contributed by atoms with E-state index in [1.54, 1.807) is 15.9 Å². The van der Waals surface area contributed by atoms with Gasteiger partial charge in [0.2, 0.25) is 0 Å². The average molecular weight is 495 g/mol. The Hall–Kier alpha value is -2.68. The second-order valence-corrected chi connectivity index (χ2v) is 10.7. The van der Waals surface area contributed by atoms with E-state index in [0.29, 0.717) is 57.0 Å². The lowest BCUT2D eigenvalue weighted by molar-refractivity contribution is 0.0811. The standard InChI is InChI=1S/C28H35FN4O3/c29-27-13-23(33-24-7-8-25(33)19-36-18-24)6-5-22(27)15-31-11-12-32(28(31)35)17-26(34)16-30-10-9-20-3-1-2-4-21(20)14-30/h1-6,13,24-26,34H,7-12,14-19H2/t24?,25?,26-/m1/s1. The fourth-order valence-electron chi connectivity index (χ4n) is 6.35. The van der Waals surface area contributed by atoms with Crippen LogP contribution in [-0.2, 0) is 24.2 Å². The summed E-state index contributed by atoms with van der Waals surface area (Å²) in [6, 6.07) is 14.4. The number of rotatable bonds is 7. The van der Waals surface area contributed by atoms with Gasteiger partial charge in [-0.3, -0.25) is 4.90 Å². The van der Waals surface area contributed by atoms with Gasteiger partial charge < -0.3 is 24.5 Å². The molecule has 1 N–H and O–H groups in total. The van der Waals surface area contributed by atoms with Gasteiger partial charge in [-0.25, -0.2) is 9.18 Å². The molecule has 6 rings (SSSR count). The molecule has 0 aliphatic carbocycles. The van der Waals surface area contributed by atoms with Crippen LogP contribution in [0.15, 0.2) is 42.5 Å². The van der Waals surface area contributed by atoms with Crippen molar-refractivity contribution in [2.24, 2.45) is 0 Å². The van der Waals surface area contributed by atoms with Gasteiger partial charge in [-0.1, -0.05) is 30.3 Å². The first-order chi connectivity index (χ1) is 17.5. The van der Waals surface area contributed by atoms with Gasteiger partial charge in [-0.05, 0) is 42.5 Å². The molecule has 0 aromatic heterocycles. The maximum Gasteiger partial charge on any atom is 0.320 e. The van der Waals surface area contributed by atoms with E-state index in [9.17, 15) is 9.90 Å². The summed E-state index contributed by atoms with van der Waals surface area (Å²) in [6.45, 7) is 5.32. The van der Waals surface area contributed by atoms with Crippen LogP contribution in [0.3, 0.4) is 0 Å². The van der Waals surface area contributed by atoms with Crippen LogP contribution in [-0.4, -0.2) is 90.0 Å². The van der Waals surface area contributed by atoms with Gasteiger partial charge in [-0.2, -0.15) is 0 Å². The van der Waals surface area contributed by atoms with E-state index in [-0.39, 0.29) is 18.4 Å². The number of nitrogens with zero attached hydrogens (tertiary/aromatic N) is 4. The van der Waals surface area contributed by atoms with Gasteiger partial charge in [0, 0.05) is 50.5 Å². The largest absolute Gasteiger partial charge is 0.390 e. The van der Waals surface area contributed by atoms with Gasteiger partial charge in [-0.15, -0.1) is 0 Å². The molecule has 0 radical (unpaired) electrons. The number of β-amino-alcohol motifs (C(OH)–C–C–N with tert-alkyl or cyclic N) is 1. The molecule has 0 saturated carbocycles. The molecule has 4 aliphatic rings. The smallest absolute Gasteiger partial charge is 0.320 e. The molecule has 7 nitrogen and oxygen atoms in total. The average Bonchev–Trinajstić information content (AvgIpc) is 3.34. The SMILES string of the molecule is O=C1N(Cc2ccc(N3C4CCC3COC4)cc2F)CCN1C[C@H](O)CN1CCc2ccccc2C1. The fourth-order valence-corrected chi connectivity index (χ4v) is 6.35. The summed E-state index contributed by atoms with van der Waals surface area (Å²) in [6.07, 6.45) is 2.54. The van der Waals surface area contributed by atoms with Gasteiger partial charge in [0.1, 0.15) is 5.82 Å². The Bertz CT molecular complexity index is 1100. The lowest BCUT2D eigenvalue weighted by atomic mass is 10.00. The van der Waals surface area contributed by atoms with E-state index in [0.717, 1.165) is 38.0 Å². The number of amides is 2. The molecule has 3 atom stereocenters. The first-order valence-corrected chi connectivity index (χ1v) is 13.2. The van der Waals surface area contributed by atoms with Crippen molar-refractivity contribution in [2.75, 3.05) is 50.8 Å². The van der Waals surface area contributed by atoms with Crippen molar-refractivity contribution in [3.8, 4) is 0 Å². The Morgan fingerprint density at radius 3 is 2.50 bits per heavy atom. The molecule has 0 spiro atoms. The monoisotopic (exact) mass is 494 g/mol. The van der Waals surface area contributed by atoms with Crippen LogP contribution >= 0.6 is 0 Å². The third-order valence-electron chi connectivity index (χ3n) is 8.23. The third-order valence-corrected chi connectivity index (χ3v) is 8.23. The van der Waals surface area contributed by atoms with Crippen LogP contribution in [0.5, 0.6) is 0 Å². The minimum Gasteiger partial charge on any atom is -0.390 e. The van der Waals surface area contributed by atoms with Gasteiger partial charge in [0.25, 0.3) is 0 Å². The number of fused-ring (bicyclic) bond motifs is 3. The molecular weight excluding hydrogens is 459 g/mol. The molecule has 3 fully saturated rings. The van der Waals surface area contributed by atoms with Crippen LogP contribution in [0.1, 0.15) is 29.5 Å². The maximum atomic E-state index is 15.1. The molecule has 2 aromatic rings. The number of hydrogen-bond acceptors (Lipinski definition) is 5. The highest BCUT2D eigenvalue weighted by Gasteiger charge is 2.38. The van der Waals surface area contributed by atoms with Crippen molar-refractivity contribution < 1.29 is 19.0 Å². The molecule has 4 aliphatic heterocycles. The highest BCUT2D eigenvalue weighted by Crippen LogP contribution is 2.34. The van der Waals surface area contributed by atoms with Crippen LogP contribution in [0.25, 0.3) is 0 Å². The lowest BCUT2D eigenvalue weighted by Gasteiger charge is -2.36. The molecule has 4 heterocycles. The Kier molecular flexibility index (Phi) is 6.58. The van der Waals surface area contributed by atoms with Crippen LogP contribution in [0.2, 0.25) is 0 Å². The quantitative estimate of drug-likeness (QED) is 0.642. The van der Waals surface area contributed by atoms with E-state index < -0.39 is 6.10 Å². The number of aliphatic hydroxyl groups excluding tert-OH is 1. The summed E-state index contributed by atoms with van der Waals surface area (Å²) >= 11 is 0. The molecule has 2 aromatic carbocycles. The van der Waals surface area contributed by atoms with E-state index in [1.807, 2.05) is 12.1 Å². The predicted octanol–water partition coefficient (Wildman–Crippen LogP) is 2.85. The fraction of sp³-hybridized carbons (Fsp3) is 0.536. The minimum absolute atomic E-state index is 0.132. The zero-order valence-electron chi connectivity index (χ0n) is 20.7. The number of morpholine rings is 1. The molecule has 3 saturated heterocycles. The lowest BCUT2D eigenvalue weighted by Crippen LogP contribution is -2.46.